The van der Waals surface area contributed by atoms with Crippen molar-refractivity contribution >= 4 is 0 Å². The molecule has 4 unspecified atom stereocenters. The summed E-state index contributed by atoms with van der Waals surface area (Å²) >= 11 is 0. The topological polar surface area (TPSA) is 43.7 Å². The predicted molar refractivity (Wildman–Crippen MR) is 77.3 cm³/mol. The molecule has 0 bridgehead atoms. The first-order valence-corrected chi connectivity index (χ1v) is 7.18. The number of phenolic OH excluding ortho intramolecular Hbond substituents is 2. The Bertz CT molecular complexity index is 426. The molecule has 1 aromatic rings. The molecule has 3 heteroatoms. The van der Waals surface area contributed by atoms with Gasteiger partial charge in [0, 0.05) is 18.6 Å². The molecule has 0 radical (unpaired) electrons. The van der Waals surface area contributed by atoms with E-state index in [0.717, 1.165) is 6.54 Å². The first-order valence-electron chi connectivity index (χ1n) is 7.18. The van der Waals surface area contributed by atoms with Gasteiger partial charge in [-0.05, 0) is 44.2 Å². The van der Waals surface area contributed by atoms with Crippen molar-refractivity contribution in [3.05, 3.63) is 23.8 Å². The fraction of sp³-hybridized carbons (Fsp3) is 0.625. The van der Waals surface area contributed by atoms with Crippen molar-refractivity contribution in [1.29, 1.82) is 0 Å². The molecule has 106 valence electrons. The van der Waals surface area contributed by atoms with Crippen LogP contribution in [0.5, 0.6) is 11.5 Å². The van der Waals surface area contributed by atoms with E-state index in [0.29, 0.717) is 23.4 Å². The van der Waals surface area contributed by atoms with E-state index in [2.05, 4.69) is 32.6 Å². The first kappa shape index (κ1) is 14.2. The average molecular weight is 263 g/mol. The van der Waals surface area contributed by atoms with Gasteiger partial charge in [0.1, 0.15) is 11.5 Å². The van der Waals surface area contributed by atoms with E-state index in [1.807, 2.05) is 0 Å². The average Bonchev–Trinajstić information content (AvgIpc) is 2.33. The fourth-order valence-electron chi connectivity index (χ4n) is 3.41. The SMILES string of the molecule is CC1CC(C)C(C)N(C(C)c2c(O)cccc2O)C1. The second-order valence-electron chi connectivity index (χ2n) is 6.14. The number of piperidine rings is 1. The van der Waals surface area contributed by atoms with Crippen molar-refractivity contribution in [2.45, 2.75) is 46.2 Å². The molecule has 0 amide bonds. The zero-order valence-electron chi connectivity index (χ0n) is 12.3. The van der Waals surface area contributed by atoms with Crippen molar-refractivity contribution < 1.29 is 10.2 Å². The number of benzene rings is 1. The molecular weight excluding hydrogens is 238 g/mol. The van der Waals surface area contributed by atoms with E-state index >= 15 is 0 Å². The second-order valence-corrected chi connectivity index (χ2v) is 6.14. The van der Waals surface area contributed by atoms with Gasteiger partial charge in [0.25, 0.3) is 0 Å². The molecule has 4 atom stereocenters. The van der Waals surface area contributed by atoms with Gasteiger partial charge in [-0.3, -0.25) is 4.90 Å². The summed E-state index contributed by atoms with van der Waals surface area (Å²) in [6.07, 6.45) is 1.25. The quantitative estimate of drug-likeness (QED) is 0.858. The van der Waals surface area contributed by atoms with Gasteiger partial charge < -0.3 is 10.2 Å². The van der Waals surface area contributed by atoms with Gasteiger partial charge in [-0.25, -0.2) is 0 Å². The van der Waals surface area contributed by atoms with Crippen LogP contribution in [0.4, 0.5) is 0 Å². The Balaban J connectivity index is 2.30. The molecule has 1 aromatic carbocycles. The highest BCUT2D eigenvalue weighted by Crippen LogP contribution is 2.40. The van der Waals surface area contributed by atoms with Gasteiger partial charge in [-0.15, -0.1) is 0 Å². The predicted octanol–water partition coefficient (Wildman–Crippen LogP) is 3.53. The van der Waals surface area contributed by atoms with Crippen LogP contribution in [-0.2, 0) is 0 Å². The Morgan fingerprint density at radius 1 is 1.16 bits per heavy atom. The van der Waals surface area contributed by atoms with Crippen LogP contribution >= 0.6 is 0 Å². The van der Waals surface area contributed by atoms with Crippen LogP contribution in [0.3, 0.4) is 0 Å². The van der Waals surface area contributed by atoms with Crippen LogP contribution in [0.25, 0.3) is 0 Å². The minimum absolute atomic E-state index is 0.0291. The lowest BCUT2D eigenvalue weighted by Gasteiger charge is -2.44. The van der Waals surface area contributed by atoms with Crippen LogP contribution in [-0.4, -0.2) is 27.7 Å². The Morgan fingerprint density at radius 3 is 2.32 bits per heavy atom. The largest absolute Gasteiger partial charge is 0.507 e. The zero-order valence-corrected chi connectivity index (χ0v) is 12.3. The number of likely N-dealkylation sites (tertiary alicyclic amines) is 1. The van der Waals surface area contributed by atoms with Crippen molar-refractivity contribution in [2.24, 2.45) is 11.8 Å². The van der Waals surface area contributed by atoms with Crippen LogP contribution < -0.4 is 0 Å². The van der Waals surface area contributed by atoms with E-state index < -0.39 is 0 Å². The smallest absolute Gasteiger partial charge is 0.124 e. The molecule has 1 saturated heterocycles. The van der Waals surface area contributed by atoms with Crippen molar-refractivity contribution in [1.82, 2.24) is 4.90 Å². The summed E-state index contributed by atoms with van der Waals surface area (Å²) in [7, 11) is 0. The van der Waals surface area contributed by atoms with Gasteiger partial charge in [0.2, 0.25) is 0 Å². The lowest BCUT2D eigenvalue weighted by molar-refractivity contribution is 0.0444. The molecule has 1 fully saturated rings. The van der Waals surface area contributed by atoms with Crippen LogP contribution in [0.1, 0.15) is 45.7 Å². The molecule has 0 saturated carbocycles. The van der Waals surface area contributed by atoms with E-state index in [4.69, 9.17) is 0 Å². The highest BCUT2D eigenvalue weighted by atomic mass is 16.3. The number of hydrogen-bond donors (Lipinski definition) is 2. The molecule has 2 rings (SSSR count). The Labute approximate surface area is 115 Å². The van der Waals surface area contributed by atoms with E-state index in [-0.39, 0.29) is 17.5 Å². The first-order chi connectivity index (χ1) is 8.91. The van der Waals surface area contributed by atoms with Crippen LogP contribution in [0.2, 0.25) is 0 Å². The summed E-state index contributed by atoms with van der Waals surface area (Å²) in [6, 6.07) is 5.46. The summed E-state index contributed by atoms with van der Waals surface area (Å²) in [5.41, 5.74) is 0.649. The summed E-state index contributed by atoms with van der Waals surface area (Å²) < 4.78 is 0. The van der Waals surface area contributed by atoms with Gasteiger partial charge in [-0.2, -0.15) is 0 Å². The normalized spacial score (nSPS) is 30.2. The maximum Gasteiger partial charge on any atom is 0.124 e. The van der Waals surface area contributed by atoms with Crippen LogP contribution in [0, 0.1) is 11.8 Å². The van der Waals surface area contributed by atoms with E-state index in [1.54, 1.807) is 18.2 Å². The highest BCUT2D eigenvalue weighted by molar-refractivity contribution is 5.45. The summed E-state index contributed by atoms with van der Waals surface area (Å²) in [5.74, 6) is 1.66. The number of rotatable bonds is 2. The molecule has 19 heavy (non-hydrogen) atoms. The van der Waals surface area contributed by atoms with Crippen LogP contribution in [0.15, 0.2) is 18.2 Å². The third-order valence-electron chi connectivity index (χ3n) is 4.62. The Kier molecular flexibility index (Phi) is 4.04. The molecule has 0 aromatic heterocycles. The van der Waals surface area contributed by atoms with Crippen molar-refractivity contribution in [3.8, 4) is 11.5 Å². The Morgan fingerprint density at radius 2 is 1.74 bits per heavy atom. The summed E-state index contributed by atoms with van der Waals surface area (Å²) in [4.78, 5) is 2.40. The molecule has 3 nitrogen and oxygen atoms in total. The highest BCUT2D eigenvalue weighted by Gasteiger charge is 2.33. The monoisotopic (exact) mass is 263 g/mol. The number of hydrogen-bond acceptors (Lipinski definition) is 3. The van der Waals surface area contributed by atoms with E-state index in [9.17, 15) is 10.2 Å². The van der Waals surface area contributed by atoms with Crippen molar-refractivity contribution in [3.63, 3.8) is 0 Å². The van der Waals surface area contributed by atoms with Gasteiger partial charge >= 0.3 is 0 Å². The third-order valence-corrected chi connectivity index (χ3v) is 4.62. The van der Waals surface area contributed by atoms with E-state index in [1.165, 1.54) is 6.42 Å². The maximum atomic E-state index is 10.0. The standard InChI is InChI=1S/C16H25NO2/c1-10-8-11(2)12(3)17(9-10)13(4)16-14(18)6-5-7-15(16)19/h5-7,10-13,18-19H,8-9H2,1-4H3. The summed E-state index contributed by atoms with van der Waals surface area (Å²) in [6.45, 7) is 9.87. The molecule has 2 N–H and O–H groups in total. The minimum Gasteiger partial charge on any atom is -0.507 e. The fourth-order valence-corrected chi connectivity index (χ4v) is 3.41. The minimum atomic E-state index is 0.0291. The molecule has 1 heterocycles. The van der Waals surface area contributed by atoms with Crippen molar-refractivity contribution in [2.75, 3.05) is 6.54 Å². The third kappa shape index (κ3) is 2.71. The zero-order chi connectivity index (χ0) is 14.2. The molecule has 0 aliphatic carbocycles. The lowest BCUT2D eigenvalue weighted by atomic mass is 9.84. The lowest BCUT2D eigenvalue weighted by Crippen LogP contribution is -2.46. The maximum absolute atomic E-state index is 10.0. The Hall–Kier alpha value is -1.22. The molecule has 1 aliphatic rings. The molecular formula is C16H25NO2. The number of phenols is 2. The summed E-state index contributed by atoms with van der Waals surface area (Å²) in [5, 5.41) is 20.0. The molecule has 0 spiro atoms. The van der Waals surface area contributed by atoms with Gasteiger partial charge in [0.15, 0.2) is 0 Å². The number of aromatic hydroxyl groups is 2. The van der Waals surface area contributed by atoms with Gasteiger partial charge in [0.05, 0.1) is 5.56 Å². The second kappa shape index (κ2) is 5.41. The van der Waals surface area contributed by atoms with Gasteiger partial charge in [-0.1, -0.05) is 19.9 Å². The molecule has 1 aliphatic heterocycles. The number of nitrogens with zero attached hydrogens (tertiary/aromatic N) is 1.